The minimum Gasteiger partial charge on any atom is -0.199 e. The molecule has 0 saturated carbocycles. The van der Waals surface area contributed by atoms with Gasteiger partial charge in [0.15, 0.2) is 0 Å². The Bertz CT molecular complexity index is 145. The molecule has 0 aliphatic rings. The van der Waals surface area contributed by atoms with E-state index in [0.717, 1.165) is 0 Å². The highest BCUT2D eigenvalue weighted by molar-refractivity contribution is 4.51. The summed E-state index contributed by atoms with van der Waals surface area (Å²) in [4.78, 5) is 0. The summed E-state index contributed by atoms with van der Waals surface area (Å²) in [6.45, 7) is 5.72. The van der Waals surface area contributed by atoms with Crippen LogP contribution in [0.2, 0.25) is 0 Å². The van der Waals surface area contributed by atoms with Gasteiger partial charge in [-0.2, -0.15) is 21.0 Å². The zero-order valence-electron chi connectivity index (χ0n) is 7.79. The molecule has 0 aromatic heterocycles. The summed E-state index contributed by atoms with van der Waals surface area (Å²) in [7, 11) is 0. The van der Waals surface area contributed by atoms with Crippen LogP contribution in [-0.4, -0.2) is 0 Å². The molecular formula is C8H12N4. The summed E-state index contributed by atoms with van der Waals surface area (Å²) >= 11 is 0. The number of rotatable bonds is 0. The zero-order valence-corrected chi connectivity index (χ0v) is 7.79. The topological polar surface area (TPSA) is 95.2 Å². The maximum absolute atomic E-state index is 7.32. The molecule has 0 unspecified atom stereocenters. The highest BCUT2D eigenvalue weighted by atomic mass is 14.2. The summed E-state index contributed by atoms with van der Waals surface area (Å²) < 4.78 is 0. The highest BCUT2D eigenvalue weighted by Crippen LogP contribution is 1.22. The summed E-state index contributed by atoms with van der Waals surface area (Å²) in [5, 5.41) is 29.3. The van der Waals surface area contributed by atoms with Crippen LogP contribution in [0.15, 0.2) is 0 Å². The van der Waals surface area contributed by atoms with Crippen molar-refractivity contribution in [1.29, 1.82) is 21.0 Å². The molecule has 0 saturated heterocycles. The molecule has 0 rings (SSSR count). The SMILES string of the molecule is CC#N.CC#N.CC#N.CC#N. The summed E-state index contributed by atoms with van der Waals surface area (Å²) in [6, 6.07) is 7.00. The lowest BCUT2D eigenvalue weighted by Gasteiger charge is -1.15. The first-order valence-electron chi connectivity index (χ1n) is 2.89. The van der Waals surface area contributed by atoms with Gasteiger partial charge in [-0.05, 0) is 0 Å². The second kappa shape index (κ2) is 148. The van der Waals surface area contributed by atoms with Crippen molar-refractivity contribution < 1.29 is 0 Å². The molecule has 0 atom stereocenters. The van der Waals surface area contributed by atoms with Gasteiger partial charge in [0.05, 0.1) is 24.3 Å². The number of nitrogens with zero attached hydrogens (tertiary/aromatic N) is 4. The summed E-state index contributed by atoms with van der Waals surface area (Å²) in [5.41, 5.74) is 0. The van der Waals surface area contributed by atoms with Gasteiger partial charge in [0, 0.05) is 27.7 Å². The van der Waals surface area contributed by atoms with Gasteiger partial charge >= 0.3 is 0 Å². The Morgan fingerprint density at radius 2 is 0.500 bits per heavy atom. The van der Waals surface area contributed by atoms with Crippen LogP contribution in [0.1, 0.15) is 27.7 Å². The first kappa shape index (κ1) is 22.5. The van der Waals surface area contributed by atoms with Gasteiger partial charge < -0.3 is 0 Å². The first-order chi connectivity index (χ1) is 5.66. The predicted octanol–water partition coefficient (Wildman–Crippen LogP) is 2.12. The van der Waals surface area contributed by atoms with Crippen molar-refractivity contribution in [2.24, 2.45) is 0 Å². The fourth-order valence-corrected chi connectivity index (χ4v) is 0. The maximum Gasteiger partial charge on any atom is 0.0587 e. The fraction of sp³-hybridized carbons (Fsp3) is 0.500. The van der Waals surface area contributed by atoms with Gasteiger partial charge in [0.25, 0.3) is 0 Å². The molecule has 4 heteroatoms. The summed E-state index contributed by atoms with van der Waals surface area (Å²) in [6.07, 6.45) is 0. The molecule has 0 aromatic carbocycles. The lowest BCUT2D eigenvalue weighted by molar-refractivity contribution is 1.49. The maximum atomic E-state index is 7.32. The van der Waals surface area contributed by atoms with Crippen LogP contribution >= 0.6 is 0 Å². The van der Waals surface area contributed by atoms with E-state index < -0.39 is 0 Å². The van der Waals surface area contributed by atoms with Crippen molar-refractivity contribution in [2.75, 3.05) is 0 Å². The van der Waals surface area contributed by atoms with E-state index in [1.807, 2.05) is 0 Å². The van der Waals surface area contributed by atoms with Crippen LogP contribution in [0.25, 0.3) is 0 Å². The minimum atomic E-state index is 1.43. The molecule has 0 bridgehead atoms. The number of hydrogen-bond acceptors (Lipinski definition) is 4. The molecule has 0 fully saturated rings. The standard InChI is InChI=1S/4C2H3N/c4*1-2-3/h4*1H3. The van der Waals surface area contributed by atoms with Crippen molar-refractivity contribution in [2.45, 2.75) is 27.7 Å². The van der Waals surface area contributed by atoms with Crippen molar-refractivity contribution in [3.63, 3.8) is 0 Å². The lowest BCUT2D eigenvalue weighted by Crippen LogP contribution is -1.10. The molecule has 0 N–H and O–H groups in total. The van der Waals surface area contributed by atoms with E-state index in [-0.39, 0.29) is 0 Å². The van der Waals surface area contributed by atoms with Gasteiger partial charge in [-0.3, -0.25) is 0 Å². The smallest absolute Gasteiger partial charge is 0.0587 e. The molecule has 0 spiro atoms. The molecule has 0 aromatic rings. The Morgan fingerprint density at radius 3 is 0.500 bits per heavy atom. The first-order valence-corrected chi connectivity index (χ1v) is 2.89. The summed E-state index contributed by atoms with van der Waals surface area (Å²) in [5.74, 6) is 0. The monoisotopic (exact) mass is 164 g/mol. The van der Waals surface area contributed by atoms with E-state index in [9.17, 15) is 0 Å². The third-order valence-corrected chi connectivity index (χ3v) is 0. The lowest BCUT2D eigenvalue weighted by atomic mass is 11.0. The second-order valence-electron chi connectivity index (χ2n) is 0.894. The van der Waals surface area contributed by atoms with Gasteiger partial charge in [0.2, 0.25) is 0 Å². The normalized spacial score (nSPS) is 2.67. The van der Waals surface area contributed by atoms with Crippen LogP contribution in [-0.2, 0) is 0 Å². The molecule has 4 nitrogen and oxygen atoms in total. The molecule has 64 valence electrons. The predicted molar refractivity (Wildman–Crippen MR) is 45.1 cm³/mol. The molecule has 0 amide bonds. The van der Waals surface area contributed by atoms with Gasteiger partial charge in [-0.1, -0.05) is 0 Å². The third-order valence-electron chi connectivity index (χ3n) is 0. The number of hydrogen-bond donors (Lipinski definition) is 0. The van der Waals surface area contributed by atoms with E-state index in [1.165, 1.54) is 27.7 Å². The van der Waals surface area contributed by atoms with E-state index >= 15 is 0 Å². The molecule has 0 aliphatic heterocycles. The van der Waals surface area contributed by atoms with Crippen molar-refractivity contribution >= 4 is 0 Å². The van der Waals surface area contributed by atoms with E-state index in [1.54, 1.807) is 24.3 Å². The van der Waals surface area contributed by atoms with Crippen LogP contribution < -0.4 is 0 Å². The second-order valence-corrected chi connectivity index (χ2v) is 0.894. The van der Waals surface area contributed by atoms with Crippen molar-refractivity contribution in [1.82, 2.24) is 0 Å². The highest BCUT2D eigenvalue weighted by Gasteiger charge is 1.18. The van der Waals surface area contributed by atoms with Crippen molar-refractivity contribution in [3.8, 4) is 24.3 Å². The van der Waals surface area contributed by atoms with Crippen LogP contribution in [0.5, 0.6) is 0 Å². The van der Waals surface area contributed by atoms with Gasteiger partial charge in [-0.25, -0.2) is 0 Å². The van der Waals surface area contributed by atoms with Crippen molar-refractivity contribution in [3.05, 3.63) is 0 Å². The zero-order chi connectivity index (χ0) is 10.8. The molecular weight excluding hydrogens is 152 g/mol. The molecule has 12 heavy (non-hydrogen) atoms. The minimum absolute atomic E-state index is 1.43. The van der Waals surface area contributed by atoms with E-state index in [4.69, 9.17) is 21.0 Å². The Balaban J connectivity index is -0.0000000356. The Morgan fingerprint density at radius 1 is 0.500 bits per heavy atom. The Labute approximate surface area is 73.9 Å². The van der Waals surface area contributed by atoms with Crippen LogP contribution in [0.3, 0.4) is 0 Å². The molecule has 0 aliphatic carbocycles. The van der Waals surface area contributed by atoms with E-state index in [0.29, 0.717) is 0 Å². The fourth-order valence-electron chi connectivity index (χ4n) is 0. The average molecular weight is 164 g/mol. The van der Waals surface area contributed by atoms with Crippen LogP contribution in [0.4, 0.5) is 0 Å². The van der Waals surface area contributed by atoms with Gasteiger partial charge in [0.1, 0.15) is 0 Å². The average Bonchev–Trinajstić information content (AvgIpc) is 1.92. The van der Waals surface area contributed by atoms with E-state index in [2.05, 4.69) is 0 Å². The third kappa shape index (κ3) is 92.7. The Hall–Kier alpha value is -2.04. The molecule has 0 radical (unpaired) electrons. The Kier molecular flexibility index (Phi) is 277. The quantitative estimate of drug-likeness (QED) is 0.547. The van der Waals surface area contributed by atoms with Crippen LogP contribution in [0, 0.1) is 45.3 Å². The largest absolute Gasteiger partial charge is 0.199 e. The van der Waals surface area contributed by atoms with Gasteiger partial charge in [-0.15, -0.1) is 0 Å². The number of nitriles is 4. The molecule has 0 heterocycles.